The highest BCUT2D eigenvalue weighted by atomic mass is 32.2. The van der Waals surface area contributed by atoms with Crippen LogP contribution in [0.1, 0.15) is 35.2 Å². The van der Waals surface area contributed by atoms with Crippen LogP contribution in [0.25, 0.3) is 10.6 Å². The number of hydrogen-bond donors (Lipinski definition) is 0. The Morgan fingerprint density at radius 2 is 1.95 bits per heavy atom. The number of aromatic nitrogens is 3. The number of hydrogen-bond acceptors (Lipinski definition) is 6. The lowest BCUT2D eigenvalue weighted by molar-refractivity contribution is 0.470. The second-order valence-electron chi connectivity index (χ2n) is 5.12. The maximum Gasteiger partial charge on any atom is 0.229 e. The van der Waals surface area contributed by atoms with Crippen LogP contribution in [0.5, 0.6) is 0 Å². The van der Waals surface area contributed by atoms with E-state index >= 15 is 0 Å². The Bertz CT molecular complexity index is 749. The molecule has 0 N–H and O–H groups in total. The Balaban J connectivity index is 1.63. The van der Waals surface area contributed by atoms with Crippen LogP contribution in [0.4, 0.5) is 0 Å². The molecule has 3 rings (SSSR count). The number of nitrogens with zero attached hydrogens (tertiary/aromatic N) is 3. The molecule has 2 heterocycles. The van der Waals surface area contributed by atoms with Crippen molar-refractivity contribution in [2.24, 2.45) is 0 Å². The van der Waals surface area contributed by atoms with E-state index in [-0.39, 0.29) is 5.25 Å². The van der Waals surface area contributed by atoms with Crippen molar-refractivity contribution >= 4 is 23.1 Å². The molecule has 0 saturated carbocycles. The molecule has 6 heteroatoms. The quantitative estimate of drug-likeness (QED) is 0.672. The number of thioether (sulfide) groups is 1. The molecule has 0 aliphatic carbocycles. The second kappa shape index (κ2) is 6.62. The summed E-state index contributed by atoms with van der Waals surface area (Å²) < 4.78 is 5.46. The minimum atomic E-state index is 0.172. The Labute approximate surface area is 138 Å². The molecule has 3 aromatic rings. The highest BCUT2D eigenvalue weighted by Gasteiger charge is 2.14. The number of benzene rings is 1. The molecule has 2 aromatic heterocycles. The third-order valence-corrected chi connectivity index (χ3v) is 5.33. The predicted octanol–water partition coefficient (Wildman–Crippen LogP) is 4.80. The second-order valence-corrected chi connectivity index (χ2v) is 7.31. The van der Waals surface area contributed by atoms with Crippen LogP contribution in [0.2, 0.25) is 0 Å². The molecular formula is C16H17N3OS2. The number of aryl methyl sites for hydroxylation is 2. The Morgan fingerprint density at radius 1 is 1.18 bits per heavy atom. The van der Waals surface area contributed by atoms with Crippen LogP contribution >= 0.6 is 23.1 Å². The lowest BCUT2D eigenvalue weighted by Crippen LogP contribution is -1.90. The van der Waals surface area contributed by atoms with Gasteiger partial charge < -0.3 is 4.42 Å². The smallest absolute Gasteiger partial charge is 0.229 e. The van der Waals surface area contributed by atoms with Gasteiger partial charge in [0, 0.05) is 23.6 Å². The maximum atomic E-state index is 5.46. The number of rotatable bonds is 5. The van der Waals surface area contributed by atoms with Crippen LogP contribution in [-0.4, -0.2) is 15.2 Å². The van der Waals surface area contributed by atoms with Crippen molar-refractivity contribution < 1.29 is 4.42 Å². The van der Waals surface area contributed by atoms with Gasteiger partial charge in [-0.05, 0) is 13.8 Å². The van der Waals surface area contributed by atoms with Gasteiger partial charge >= 0.3 is 0 Å². The summed E-state index contributed by atoms with van der Waals surface area (Å²) in [6.45, 7) is 5.97. The first-order chi connectivity index (χ1) is 10.6. The summed E-state index contributed by atoms with van der Waals surface area (Å²) in [4.78, 5) is 4.71. The molecule has 0 amide bonds. The van der Waals surface area contributed by atoms with Gasteiger partial charge in [-0.15, -0.1) is 33.3 Å². The van der Waals surface area contributed by atoms with Crippen molar-refractivity contribution in [3.63, 3.8) is 0 Å². The van der Waals surface area contributed by atoms with Gasteiger partial charge in [-0.1, -0.05) is 29.8 Å². The first-order valence-corrected chi connectivity index (χ1v) is 8.97. The average Bonchev–Trinajstić information content (AvgIpc) is 3.15. The minimum absolute atomic E-state index is 0.172. The van der Waals surface area contributed by atoms with E-state index in [1.807, 2.05) is 6.92 Å². The molecule has 0 aliphatic rings. The zero-order valence-electron chi connectivity index (χ0n) is 12.7. The maximum absolute atomic E-state index is 5.46. The fourth-order valence-electron chi connectivity index (χ4n) is 1.96. The molecule has 114 valence electrons. The van der Waals surface area contributed by atoms with E-state index < -0.39 is 0 Å². The van der Waals surface area contributed by atoms with Gasteiger partial charge in [0.2, 0.25) is 11.8 Å². The summed E-state index contributed by atoms with van der Waals surface area (Å²) in [5.74, 6) is 2.12. The van der Waals surface area contributed by atoms with Crippen molar-refractivity contribution in [2.45, 2.75) is 31.8 Å². The van der Waals surface area contributed by atoms with Gasteiger partial charge in [-0.25, -0.2) is 4.98 Å². The molecule has 0 unspecified atom stereocenters. The average molecular weight is 331 g/mol. The Kier molecular flexibility index (Phi) is 4.59. The molecular weight excluding hydrogens is 314 g/mol. The van der Waals surface area contributed by atoms with Gasteiger partial charge in [0.15, 0.2) is 0 Å². The van der Waals surface area contributed by atoms with E-state index in [9.17, 15) is 0 Å². The standard InChI is InChI=1S/C16H17N3OS2/c1-10-4-6-13(7-5-10)16-17-14(9-22-16)8-21-11(2)15-19-18-12(3)20-15/h4-7,9,11H,8H2,1-3H3/t11-/m1/s1. The topological polar surface area (TPSA) is 51.8 Å². The Hall–Kier alpha value is -1.66. The first kappa shape index (κ1) is 15.2. The van der Waals surface area contributed by atoms with Crippen LogP contribution < -0.4 is 0 Å². The van der Waals surface area contributed by atoms with E-state index in [2.05, 4.69) is 53.7 Å². The van der Waals surface area contributed by atoms with E-state index in [1.54, 1.807) is 23.1 Å². The minimum Gasteiger partial charge on any atom is -0.424 e. The van der Waals surface area contributed by atoms with Crippen LogP contribution in [-0.2, 0) is 5.75 Å². The summed E-state index contributed by atoms with van der Waals surface area (Å²) >= 11 is 3.44. The van der Waals surface area contributed by atoms with Gasteiger partial charge in [0.05, 0.1) is 10.9 Å². The largest absolute Gasteiger partial charge is 0.424 e. The van der Waals surface area contributed by atoms with Crippen molar-refractivity contribution in [3.05, 3.63) is 52.7 Å². The van der Waals surface area contributed by atoms with Gasteiger partial charge in [-0.2, -0.15) is 0 Å². The fraction of sp³-hybridized carbons (Fsp3) is 0.312. The third kappa shape index (κ3) is 3.56. The molecule has 0 fully saturated rings. The van der Waals surface area contributed by atoms with Gasteiger partial charge in [-0.3, -0.25) is 0 Å². The number of thiazole rings is 1. The predicted molar refractivity (Wildman–Crippen MR) is 91.0 cm³/mol. The molecule has 0 saturated heterocycles. The van der Waals surface area contributed by atoms with E-state index in [4.69, 9.17) is 9.40 Å². The molecule has 0 bridgehead atoms. The van der Waals surface area contributed by atoms with Crippen LogP contribution in [0, 0.1) is 13.8 Å². The molecule has 0 radical (unpaired) electrons. The van der Waals surface area contributed by atoms with Crippen molar-refractivity contribution in [3.8, 4) is 10.6 Å². The monoisotopic (exact) mass is 331 g/mol. The van der Waals surface area contributed by atoms with E-state index in [1.165, 1.54) is 11.1 Å². The zero-order chi connectivity index (χ0) is 15.5. The lowest BCUT2D eigenvalue weighted by Gasteiger charge is -2.04. The summed E-state index contributed by atoms with van der Waals surface area (Å²) in [6.07, 6.45) is 0. The normalized spacial score (nSPS) is 12.5. The van der Waals surface area contributed by atoms with Gasteiger partial charge in [0.1, 0.15) is 5.01 Å². The van der Waals surface area contributed by atoms with Crippen LogP contribution in [0.15, 0.2) is 34.1 Å². The zero-order valence-corrected chi connectivity index (χ0v) is 14.4. The summed E-state index contributed by atoms with van der Waals surface area (Å²) in [5, 5.41) is 11.3. The first-order valence-electron chi connectivity index (χ1n) is 7.05. The molecule has 4 nitrogen and oxygen atoms in total. The highest BCUT2D eigenvalue weighted by Crippen LogP contribution is 2.32. The van der Waals surface area contributed by atoms with Crippen LogP contribution in [0.3, 0.4) is 0 Å². The third-order valence-electron chi connectivity index (χ3n) is 3.22. The summed E-state index contributed by atoms with van der Waals surface area (Å²) in [5.41, 5.74) is 3.53. The Morgan fingerprint density at radius 3 is 2.64 bits per heavy atom. The van der Waals surface area contributed by atoms with E-state index in [0.717, 1.165) is 16.5 Å². The lowest BCUT2D eigenvalue weighted by atomic mass is 10.2. The molecule has 0 aliphatic heterocycles. The summed E-state index contributed by atoms with van der Waals surface area (Å²) in [7, 11) is 0. The van der Waals surface area contributed by atoms with E-state index in [0.29, 0.717) is 11.8 Å². The van der Waals surface area contributed by atoms with Crippen molar-refractivity contribution in [1.82, 2.24) is 15.2 Å². The highest BCUT2D eigenvalue weighted by molar-refractivity contribution is 7.98. The molecule has 0 spiro atoms. The summed E-state index contributed by atoms with van der Waals surface area (Å²) in [6, 6.07) is 8.47. The fourth-order valence-corrected chi connectivity index (χ4v) is 3.70. The SMILES string of the molecule is Cc1ccc(-c2nc(CS[C@H](C)c3nnc(C)o3)cs2)cc1. The molecule has 22 heavy (non-hydrogen) atoms. The van der Waals surface area contributed by atoms with Crippen molar-refractivity contribution in [1.29, 1.82) is 0 Å². The molecule has 1 aromatic carbocycles. The van der Waals surface area contributed by atoms with Crippen molar-refractivity contribution in [2.75, 3.05) is 0 Å². The van der Waals surface area contributed by atoms with Gasteiger partial charge in [0.25, 0.3) is 0 Å². The molecule has 1 atom stereocenters.